The number of para-hydroxylation sites is 1. The topological polar surface area (TPSA) is 148 Å². The minimum absolute atomic E-state index is 0.0752. The van der Waals surface area contributed by atoms with Gasteiger partial charge in [-0.25, -0.2) is 12.8 Å². The van der Waals surface area contributed by atoms with E-state index >= 15 is 0 Å². The Labute approximate surface area is 304 Å². The fraction of sp³-hybridized carbons (Fsp3) is 0.538. The number of carbonyl (C=O) groups excluding carboxylic acids is 3. The number of fused-ring (bicyclic) bond motifs is 3. The molecule has 0 saturated heterocycles. The normalized spacial score (nSPS) is 29.6. The Balaban J connectivity index is 1.21. The van der Waals surface area contributed by atoms with Crippen molar-refractivity contribution in [3.63, 3.8) is 0 Å². The Hall–Kier alpha value is -4.26. The standard InChI is InChI=1S/C39H48FN5O6S/c1-24(2)45-33-17-16-26(40)20-32(33)42-37(45)51-28-21-29-30(22-28)35(47)43-39(36(48)44-52(49,50)38(3)18-19-38)23-25(39)12-8-5-4-6-11-15-31(34(29)46)41-27-13-9-7-10-14-27/h7-10,12-14,16-17,20,24-25,28-31,41H,4-6,11,15,18-19,21-23H2,1-3H3,(H,43,47)(H,44,48)/b12-8-/t25-,28+,29?,30-,31+,39-/m1/s1. The average molecular weight is 734 g/mol. The van der Waals surface area contributed by atoms with Gasteiger partial charge in [0, 0.05) is 29.6 Å². The summed E-state index contributed by atoms with van der Waals surface area (Å²) in [7, 11) is -3.95. The smallest absolute Gasteiger partial charge is 0.297 e. The number of imidazole rings is 1. The number of nitrogens with zero attached hydrogens (tertiary/aromatic N) is 2. The first-order chi connectivity index (χ1) is 24.8. The molecule has 4 aliphatic rings. The van der Waals surface area contributed by atoms with E-state index in [-0.39, 0.29) is 43.0 Å². The Morgan fingerprint density at radius 1 is 1.06 bits per heavy atom. The lowest BCUT2D eigenvalue weighted by Gasteiger charge is -2.27. The molecule has 3 aliphatic carbocycles. The molecule has 2 heterocycles. The third kappa shape index (κ3) is 7.08. The molecule has 0 radical (unpaired) electrons. The molecule has 2 amide bonds. The van der Waals surface area contributed by atoms with E-state index in [1.165, 1.54) is 12.1 Å². The van der Waals surface area contributed by atoms with Gasteiger partial charge in [-0.15, -0.1) is 0 Å². The number of rotatable bonds is 8. The van der Waals surface area contributed by atoms with Crippen LogP contribution in [0.2, 0.25) is 0 Å². The van der Waals surface area contributed by atoms with E-state index in [4.69, 9.17) is 4.74 Å². The molecule has 1 aromatic heterocycles. The van der Waals surface area contributed by atoms with Crippen LogP contribution in [0.4, 0.5) is 10.1 Å². The van der Waals surface area contributed by atoms with E-state index in [0.717, 1.165) is 31.4 Å². The van der Waals surface area contributed by atoms with Crippen LogP contribution in [0.25, 0.3) is 11.0 Å². The third-order valence-corrected chi connectivity index (χ3v) is 13.6. The predicted molar refractivity (Wildman–Crippen MR) is 195 cm³/mol. The number of halogens is 1. The molecule has 3 saturated carbocycles. The summed E-state index contributed by atoms with van der Waals surface area (Å²) in [4.78, 5) is 47.6. The molecule has 3 aromatic rings. The zero-order valence-corrected chi connectivity index (χ0v) is 30.8. The minimum atomic E-state index is -3.95. The van der Waals surface area contributed by atoms with Gasteiger partial charge in [0.2, 0.25) is 15.9 Å². The summed E-state index contributed by atoms with van der Waals surface area (Å²) >= 11 is 0. The number of benzene rings is 2. The zero-order chi connectivity index (χ0) is 36.8. The number of ether oxygens (including phenoxy) is 1. The molecule has 0 spiro atoms. The number of aromatic nitrogens is 2. The second kappa shape index (κ2) is 13.9. The van der Waals surface area contributed by atoms with E-state index < -0.39 is 61.9 Å². The van der Waals surface area contributed by atoms with Crippen LogP contribution in [0, 0.1) is 23.6 Å². The highest BCUT2D eigenvalue weighted by atomic mass is 32.2. The molecule has 52 heavy (non-hydrogen) atoms. The Morgan fingerprint density at radius 3 is 2.54 bits per heavy atom. The highest BCUT2D eigenvalue weighted by Crippen LogP contribution is 2.48. The molecule has 1 unspecified atom stereocenters. The highest BCUT2D eigenvalue weighted by Gasteiger charge is 2.63. The minimum Gasteiger partial charge on any atom is -0.461 e. The van der Waals surface area contributed by atoms with Crippen LogP contribution in [-0.2, 0) is 24.4 Å². The summed E-state index contributed by atoms with van der Waals surface area (Å²) in [6, 6.07) is 13.5. The molecule has 7 rings (SSSR count). The number of Topliss-reactive ketones (excluding diaryl/α,β-unsaturated/α-hetero) is 1. The number of hydrogen-bond acceptors (Lipinski definition) is 8. The van der Waals surface area contributed by atoms with E-state index in [0.29, 0.717) is 30.3 Å². The number of sulfonamides is 1. The lowest BCUT2D eigenvalue weighted by molar-refractivity contribution is -0.135. The maximum atomic E-state index is 14.6. The Morgan fingerprint density at radius 2 is 1.81 bits per heavy atom. The van der Waals surface area contributed by atoms with Crippen molar-refractivity contribution < 1.29 is 31.9 Å². The number of hydrogen-bond donors (Lipinski definition) is 3. The van der Waals surface area contributed by atoms with Crippen LogP contribution >= 0.6 is 0 Å². The van der Waals surface area contributed by atoms with Crippen LogP contribution < -0.4 is 20.1 Å². The van der Waals surface area contributed by atoms with Crippen molar-refractivity contribution in [2.75, 3.05) is 5.32 Å². The van der Waals surface area contributed by atoms with E-state index in [1.54, 1.807) is 13.0 Å². The molecular weight excluding hydrogens is 686 g/mol. The number of ketones is 1. The number of carbonyl (C=O) groups is 3. The largest absolute Gasteiger partial charge is 0.461 e. The van der Waals surface area contributed by atoms with Gasteiger partial charge in [-0.3, -0.25) is 23.7 Å². The van der Waals surface area contributed by atoms with Gasteiger partial charge in [-0.05, 0) is 96.4 Å². The first kappa shape index (κ1) is 36.1. The summed E-state index contributed by atoms with van der Waals surface area (Å²) < 4.78 is 50.1. The van der Waals surface area contributed by atoms with Gasteiger partial charge in [0.05, 0.1) is 27.7 Å². The SMILES string of the molecule is CC(C)n1c(O[C@H]2CC3C(=O)[C@@H](Nc4ccccc4)CCCCC/C=C\[C@@H]4C[C@@]4(C(=O)NS(=O)(=O)C4(C)CC4)NC(=O)[C@@H]3C2)nc2cc(F)ccc21. The van der Waals surface area contributed by atoms with Crippen molar-refractivity contribution >= 4 is 44.3 Å². The number of anilines is 1. The summed E-state index contributed by atoms with van der Waals surface area (Å²) in [5.41, 5.74) is 0.493. The van der Waals surface area contributed by atoms with Crippen LogP contribution in [-0.4, -0.2) is 58.0 Å². The van der Waals surface area contributed by atoms with Gasteiger partial charge >= 0.3 is 0 Å². The maximum Gasteiger partial charge on any atom is 0.297 e. The van der Waals surface area contributed by atoms with Gasteiger partial charge in [-0.1, -0.05) is 43.2 Å². The second-order valence-electron chi connectivity index (χ2n) is 15.6. The molecule has 3 N–H and O–H groups in total. The van der Waals surface area contributed by atoms with Gasteiger partial charge in [0.1, 0.15) is 17.5 Å². The summed E-state index contributed by atoms with van der Waals surface area (Å²) in [6.07, 6.45) is 8.82. The monoisotopic (exact) mass is 733 g/mol. The number of nitrogens with one attached hydrogen (secondary N) is 3. The van der Waals surface area contributed by atoms with Crippen molar-refractivity contribution in [3.8, 4) is 6.01 Å². The number of amides is 2. The highest BCUT2D eigenvalue weighted by molar-refractivity contribution is 7.91. The molecule has 13 heteroatoms. The Kier molecular flexibility index (Phi) is 9.68. The van der Waals surface area contributed by atoms with Crippen LogP contribution in [0.5, 0.6) is 6.01 Å². The molecule has 11 nitrogen and oxygen atoms in total. The Bertz CT molecular complexity index is 1990. The molecule has 2 aromatic carbocycles. The third-order valence-electron chi connectivity index (χ3n) is 11.4. The quantitative estimate of drug-likeness (QED) is 0.240. The summed E-state index contributed by atoms with van der Waals surface area (Å²) in [5, 5.41) is 6.40. The lowest BCUT2D eigenvalue weighted by Crippen LogP contribution is -2.55. The van der Waals surface area contributed by atoms with Crippen molar-refractivity contribution in [1.82, 2.24) is 19.6 Å². The molecule has 3 fully saturated rings. The summed E-state index contributed by atoms with van der Waals surface area (Å²) in [5.74, 6) is -3.76. The molecule has 6 atom stereocenters. The van der Waals surface area contributed by atoms with E-state index in [2.05, 4.69) is 20.3 Å². The van der Waals surface area contributed by atoms with Gasteiger partial charge in [0.15, 0.2) is 5.78 Å². The van der Waals surface area contributed by atoms with Crippen molar-refractivity contribution in [1.29, 1.82) is 0 Å². The zero-order valence-electron chi connectivity index (χ0n) is 29.9. The fourth-order valence-electron chi connectivity index (χ4n) is 7.88. The van der Waals surface area contributed by atoms with E-state index in [9.17, 15) is 27.2 Å². The molecule has 278 valence electrons. The molecular formula is C39H48FN5O6S. The second-order valence-corrected chi connectivity index (χ2v) is 17.8. The first-order valence-corrected chi connectivity index (χ1v) is 20.0. The van der Waals surface area contributed by atoms with Crippen molar-refractivity contribution in [3.05, 3.63) is 66.5 Å². The maximum absolute atomic E-state index is 14.6. The lowest BCUT2D eigenvalue weighted by atomic mass is 9.85. The molecule has 1 aliphatic heterocycles. The van der Waals surface area contributed by atoms with Crippen molar-refractivity contribution in [2.24, 2.45) is 17.8 Å². The van der Waals surface area contributed by atoms with Crippen LogP contribution in [0.1, 0.15) is 91.0 Å². The molecule has 0 bridgehead atoms. The van der Waals surface area contributed by atoms with Gasteiger partial charge in [0.25, 0.3) is 11.9 Å². The fourth-order valence-corrected chi connectivity index (χ4v) is 9.19. The van der Waals surface area contributed by atoms with Crippen LogP contribution in [0.15, 0.2) is 60.7 Å². The predicted octanol–water partition coefficient (Wildman–Crippen LogP) is 5.97. The average Bonchev–Trinajstić information content (AvgIpc) is 3.92. The van der Waals surface area contributed by atoms with Crippen LogP contribution in [0.3, 0.4) is 0 Å². The number of allylic oxidation sites excluding steroid dienone is 1. The van der Waals surface area contributed by atoms with E-state index in [1.807, 2.05) is 60.9 Å². The first-order valence-electron chi connectivity index (χ1n) is 18.6. The van der Waals surface area contributed by atoms with Gasteiger partial charge in [-0.2, -0.15) is 4.98 Å². The summed E-state index contributed by atoms with van der Waals surface area (Å²) in [6.45, 7) is 5.55. The van der Waals surface area contributed by atoms with Crippen molar-refractivity contribution in [2.45, 2.75) is 113 Å². The van der Waals surface area contributed by atoms with Gasteiger partial charge < -0.3 is 15.4 Å².